The molecule has 0 saturated carbocycles. The number of hydrogen-bond acceptors (Lipinski definition) is 6. The molecule has 0 aliphatic carbocycles. The molecule has 3 aromatic carbocycles. The minimum atomic E-state index is -0.535. The number of hydrogen-bond donors (Lipinski definition) is 0. The van der Waals surface area contributed by atoms with Crippen molar-refractivity contribution in [2.24, 2.45) is 5.92 Å². The molecule has 2 fully saturated rings. The summed E-state index contributed by atoms with van der Waals surface area (Å²) >= 11 is 6.22. The molecule has 39 heavy (non-hydrogen) atoms. The molecule has 204 valence electrons. The number of anilines is 1. The fourth-order valence-corrected chi connectivity index (χ4v) is 6.37. The SMILES string of the molecule is Cc1ccc(C(=S)C(C(=O)c2ccc(N3CCOCC3)cc2)C(C)(Cc2ccccc2)N2CCOCC2)cc1. The van der Waals surface area contributed by atoms with Crippen molar-refractivity contribution in [1.82, 2.24) is 4.90 Å². The lowest BCUT2D eigenvalue weighted by molar-refractivity contribution is -0.0254. The number of benzene rings is 3. The monoisotopic (exact) mass is 542 g/mol. The van der Waals surface area contributed by atoms with Gasteiger partial charge in [0.25, 0.3) is 0 Å². The number of ketones is 1. The zero-order valence-electron chi connectivity index (χ0n) is 23.0. The van der Waals surface area contributed by atoms with Gasteiger partial charge in [-0.2, -0.15) is 0 Å². The fraction of sp³-hybridized carbons (Fsp3) is 0.394. The Bertz CT molecular complexity index is 1250. The molecule has 5 nitrogen and oxygen atoms in total. The Hall–Kier alpha value is -2.90. The highest BCUT2D eigenvalue weighted by Crippen LogP contribution is 2.36. The number of rotatable bonds is 9. The molecule has 0 amide bonds. The first kappa shape index (κ1) is 27.7. The summed E-state index contributed by atoms with van der Waals surface area (Å²) in [5, 5.41) is 0. The molecule has 2 heterocycles. The minimum Gasteiger partial charge on any atom is -0.379 e. The van der Waals surface area contributed by atoms with Crippen LogP contribution in [0, 0.1) is 12.8 Å². The average molecular weight is 543 g/mol. The second-order valence-corrected chi connectivity index (χ2v) is 11.2. The van der Waals surface area contributed by atoms with Crippen molar-refractivity contribution in [2.75, 3.05) is 57.5 Å². The molecule has 3 aromatic rings. The molecule has 2 unspecified atom stereocenters. The summed E-state index contributed by atoms with van der Waals surface area (Å²) in [7, 11) is 0. The number of thiocarbonyl (C=S) groups is 1. The maximum absolute atomic E-state index is 14.6. The predicted octanol–water partition coefficient (Wildman–Crippen LogP) is 5.38. The van der Waals surface area contributed by atoms with Crippen molar-refractivity contribution in [3.05, 3.63) is 101 Å². The van der Waals surface area contributed by atoms with Gasteiger partial charge in [0.2, 0.25) is 0 Å². The maximum Gasteiger partial charge on any atom is 0.173 e. The average Bonchev–Trinajstić information content (AvgIpc) is 2.99. The van der Waals surface area contributed by atoms with Gasteiger partial charge in [-0.25, -0.2) is 0 Å². The number of ether oxygens (including phenoxy) is 2. The summed E-state index contributed by atoms with van der Waals surface area (Å²) in [6.45, 7) is 10.3. The van der Waals surface area contributed by atoms with E-state index in [-0.39, 0.29) is 5.78 Å². The predicted molar refractivity (Wildman–Crippen MR) is 161 cm³/mol. The van der Waals surface area contributed by atoms with Gasteiger partial charge in [-0.15, -0.1) is 0 Å². The van der Waals surface area contributed by atoms with E-state index in [2.05, 4.69) is 84.3 Å². The van der Waals surface area contributed by atoms with Crippen LogP contribution in [0.5, 0.6) is 0 Å². The van der Waals surface area contributed by atoms with Crippen molar-refractivity contribution in [1.29, 1.82) is 0 Å². The Balaban J connectivity index is 1.55. The van der Waals surface area contributed by atoms with Gasteiger partial charge in [0.1, 0.15) is 0 Å². The molecule has 0 N–H and O–H groups in total. The molecule has 2 aliphatic rings. The first-order valence-corrected chi connectivity index (χ1v) is 14.3. The van der Waals surface area contributed by atoms with Crippen LogP contribution < -0.4 is 4.90 Å². The van der Waals surface area contributed by atoms with E-state index in [9.17, 15) is 4.79 Å². The molecular weight excluding hydrogens is 504 g/mol. The Labute approximate surface area is 237 Å². The van der Waals surface area contributed by atoms with E-state index in [0.717, 1.165) is 50.6 Å². The fourth-order valence-electron chi connectivity index (χ4n) is 5.87. The van der Waals surface area contributed by atoms with Gasteiger partial charge >= 0.3 is 0 Å². The molecule has 0 radical (unpaired) electrons. The lowest BCUT2D eigenvalue weighted by Crippen LogP contribution is -2.60. The summed E-state index contributed by atoms with van der Waals surface area (Å²) in [6.07, 6.45) is 0.710. The summed E-state index contributed by atoms with van der Waals surface area (Å²) in [6, 6.07) is 26.8. The molecule has 2 saturated heterocycles. The van der Waals surface area contributed by atoms with Crippen LogP contribution in [0.1, 0.15) is 34.0 Å². The summed E-state index contributed by atoms with van der Waals surface area (Å²) in [5.74, 6) is -0.443. The second-order valence-electron chi connectivity index (χ2n) is 10.8. The maximum atomic E-state index is 14.6. The van der Waals surface area contributed by atoms with Crippen LogP contribution in [0.25, 0.3) is 0 Å². The third kappa shape index (κ3) is 6.30. The molecule has 2 aliphatic heterocycles. The lowest BCUT2D eigenvalue weighted by atomic mass is 9.72. The normalized spacial score (nSPS) is 18.8. The van der Waals surface area contributed by atoms with Crippen molar-refractivity contribution in [2.45, 2.75) is 25.8 Å². The van der Waals surface area contributed by atoms with Gasteiger partial charge in [0.15, 0.2) is 5.78 Å². The van der Waals surface area contributed by atoms with Crippen molar-refractivity contribution < 1.29 is 14.3 Å². The molecule has 5 rings (SSSR count). The standard InChI is InChI=1S/C33H38N2O3S/c1-25-8-10-28(11-9-25)32(39)30(31(36)27-12-14-29(15-13-27)34-16-20-37-21-17-34)33(2,35-18-22-38-23-19-35)24-26-6-4-3-5-7-26/h3-15,30H,16-24H2,1-2H3. The molecule has 6 heteroatoms. The zero-order valence-corrected chi connectivity index (χ0v) is 23.8. The topological polar surface area (TPSA) is 42.0 Å². The summed E-state index contributed by atoms with van der Waals surface area (Å²) in [4.78, 5) is 20.0. The highest BCUT2D eigenvalue weighted by molar-refractivity contribution is 7.81. The largest absolute Gasteiger partial charge is 0.379 e. The Morgan fingerprint density at radius 2 is 1.38 bits per heavy atom. The van der Waals surface area contributed by atoms with Crippen LogP contribution in [0.4, 0.5) is 5.69 Å². The Kier molecular flexibility index (Phi) is 8.88. The van der Waals surface area contributed by atoms with Crippen LogP contribution in [0.15, 0.2) is 78.9 Å². The van der Waals surface area contributed by atoms with Crippen molar-refractivity contribution in [3.63, 3.8) is 0 Å². The first-order valence-electron chi connectivity index (χ1n) is 13.9. The minimum absolute atomic E-state index is 0.0685. The highest BCUT2D eigenvalue weighted by Gasteiger charge is 2.46. The molecule has 0 spiro atoms. The van der Waals surface area contributed by atoms with E-state index in [4.69, 9.17) is 21.7 Å². The highest BCUT2D eigenvalue weighted by atomic mass is 32.1. The number of carbonyl (C=O) groups excluding carboxylic acids is 1. The van der Waals surface area contributed by atoms with Gasteiger partial charge in [-0.05, 0) is 55.7 Å². The third-order valence-corrected chi connectivity index (χ3v) is 8.62. The quantitative estimate of drug-likeness (QED) is 0.267. The van der Waals surface area contributed by atoms with Gasteiger partial charge in [-0.1, -0.05) is 72.4 Å². The Morgan fingerprint density at radius 1 is 0.821 bits per heavy atom. The van der Waals surface area contributed by atoms with Crippen LogP contribution in [-0.2, 0) is 15.9 Å². The second kappa shape index (κ2) is 12.5. The smallest absolute Gasteiger partial charge is 0.173 e. The zero-order chi connectivity index (χ0) is 27.2. The molecule has 0 aromatic heterocycles. The van der Waals surface area contributed by atoms with E-state index < -0.39 is 11.5 Å². The van der Waals surface area contributed by atoms with E-state index in [1.54, 1.807) is 0 Å². The van der Waals surface area contributed by atoms with Gasteiger partial charge < -0.3 is 14.4 Å². The van der Waals surface area contributed by atoms with Gasteiger partial charge in [0.05, 0.1) is 32.3 Å². The Morgan fingerprint density at radius 3 is 2.00 bits per heavy atom. The van der Waals surface area contributed by atoms with Crippen LogP contribution in [-0.4, -0.2) is 73.7 Å². The number of carbonyl (C=O) groups is 1. The number of nitrogens with zero attached hydrogens (tertiary/aromatic N) is 2. The van der Waals surface area contributed by atoms with Crippen molar-refractivity contribution >= 4 is 28.6 Å². The van der Waals surface area contributed by atoms with Gasteiger partial charge in [-0.3, -0.25) is 9.69 Å². The summed E-state index contributed by atoms with van der Waals surface area (Å²) < 4.78 is 11.2. The molecule has 2 atom stereocenters. The first-order chi connectivity index (χ1) is 19.0. The van der Waals surface area contributed by atoms with E-state index >= 15 is 0 Å². The number of morpholine rings is 2. The van der Waals surface area contributed by atoms with E-state index in [1.165, 1.54) is 11.1 Å². The van der Waals surface area contributed by atoms with E-state index in [0.29, 0.717) is 30.1 Å². The van der Waals surface area contributed by atoms with Gasteiger partial charge in [0, 0.05) is 47.8 Å². The van der Waals surface area contributed by atoms with E-state index in [1.807, 2.05) is 18.2 Å². The third-order valence-electron chi connectivity index (χ3n) is 8.15. The van der Waals surface area contributed by atoms with Crippen LogP contribution in [0.2, 0.25) is 0 Å². The molecule has 0 bridgehead atoms. The van der Waals surface area contributed by atoms with Crippen molar-refractivity contribution in [3.8, 4) is 0 Å². The molecular formula is C33H38N2O3S. The summed E-state index contributed by atoms with van der Waals surface area (Å²) in [5.41, 5.74) is 4.58. The van der Waals surface area contributed by atoms with Crippen LogP contribution >= 0.6 is 12.2 Å². The number of Topliss-reactive ketones (excluding diaryl/α,β-unsaturated/α-hetero) is 1. The lowest BCUT2D eigenvalue weighted by Gasteiger charge is -2.48. The number of aryl methyl sites for hydroxylation is 1. The van der Waals surface area contributed by atoms with Crippen LogP contribution in [0.3, 0.4) is 0 Å².